The van der Waals surface area contributed by atoms with Gasteiger partial charge in [0.2, 0.25) is 0 Å². The van der Waals surface area contributed by atoms with Crippen LogP contribution in [0.3, 0.4) is 0 Å². The molecule has 100 valence electrons. The Balaban J connectivity index is 2.58. The van der Waals surface area contributed by atoms with Gasteiger partial charge in [0.15, 0.2) is 5.69 Å². The van der Waals surface area contributed by atoms with Crippen LogP contribution in [-0.2, 0) is 6.18 Å². The molecule has 0 unspecified atom stereocenters. The standard InChI is InChI=1S/C11H7F3N2O2S/c1-5-2-3-15-6(4-5)9-16-8(11(12,13)14)7(19-9)10(17)18/h2-4H,1H3,(H,17,18). The number of pyridine rings is 1. The molecule has 8 heteroatoms. The molecule has 2 aromatic rings. The lowest BCUT2D eigenvalue weighted by atomic mass is 10.2. The van der Waals surface area contributed by atoms with Crippen LogP contribution < -0.4 is 0 Å². The van der Waals surface area contributed by atoms with Crippen LogP contribution in [0, 0.1) is 6.92 Å². The first-order valence-corrected chi connectivity index (χ1v) is 5.85. The van der Waals surface area contributed by atoms with Crippen molar-refractivity contribution in [2.45, 2.75) is 13.1 Å². The number of thiazole rings is 1. The van der Waals surface area contributed by atoms with Crippen LogP contribution >= 0.6 is 11.3 Å². The minimum atomic E-state index is -4.80. The zero-order valence-corrected chi connectivity index (χ0v) is 10.3. The van der Waals surface area contributed by atoms with Crippen LogP contribution in [0.25, 0.3) is 10.7 Å². The average Bonchev–Trinajstić information content (AvgIpc) is 2.73. The molecule has 2 aromatic heterocycles. The number of carboxylic acid groups (broad SMARTS) is 1. The number of carboxylic acids is 1. The maximum atomic E-state index is 12.7. The normalized spacial score (nSPS) is 11.6. The molecule has 0 atom stereocenters. The quantitative estimate of drug-likeness (QED) is 0.921. The number of carbonyl (C=O) groups is 1. The second-order valence-electron chi connectivity index (χ2n) is 3.72. The minimum Gasteiger partial charge on any atom is -0.477 e. The highest BCUT2D eigenvalue weighted by Gasteiger charge is 2.39. The van der Waals surface area contributed by atoms with E-state index in [-0.39, 0.29) is 10.7 Å². The molecule has 0 amide bonds. The predicted molar refractivity (Wildman–Crippen MR) is 62.0 cm³/mol. The van der Waals surface area contributed by atoms with Crippen molar-refractivity contribution in [2.75, 3.05) is 0 Å². The van der Waals surface area contributed by atoms with Gasteiger partial charge < -0.3 is 5.11 Å². The van der Waals surface area contributed by atoms with E-state index in [9.17, 15) is 18.0 Å². The third-order valence-electron chi connectivity index (χ3n) is 2.22. The molecule has 0 bridgehead atoms. The number of aromatic carboxylic acids is 1. The fourth-order valence-corrected chi connectivity index (χ4v) is 2.31. The van der Waals surface area contributed by atoms with Crippen molar-refractivity contribution in [3.63, 3.8) is 0 Å². The summed E-state index contributed by atoms with van der Waals surface area (Å²) in [7, 11) is 0. The highest BCUT2D eigenvalue weighted by atomic mass is 32.1. The second-order valence-corrected chi connectivity index (χ2v) is 4.72. The number of rotatable bonds is 2. The number of halogens is 3. The van der Waals surface area contributed by atoms with Gasteiger partial charge in [0, 0.05) is 6.20 Å². The average molecular weight is 288 g/mol. The zero-order valence-electron chi connectivity index (χ0n) is 9.52. The Hall–Kier alpha value is -1.96. The highest BCUT2D eigenvalue weighted by Crippen LogP contribution is 2.37. The van der Waals surface area contributed by atoms with E-state index < -0.39 is 22.7 Å². The van der Waals surface area contributed by atoms with Gasteiger partial charge in [-0.3, -0.25) is 4.98 Å². The van der Waals surface area contributed by atoms with E-state index in [2.05, 4.69) is 9.97 Å². The largest absolute Gasteiger partial charge is 0.477 e. The summed E-state index contributed by atoms with van der Waals surface area (Å²) >= 11 is 0.463. The lowest BCUT2D eigenvalue weighted by Crippen LogP contribution is -2.11. The molecule has 1 N–H and O–H groups in total. The first-order valence-electron chi connectivity index (χ1n) is 5.03. The van der Waals surface area contributed by atoms with E-state index in [1.807, 2.05) is 0 Å². The third kappa shape index (κ3) is 2.73. The van der Waals surface area contributed by atoms with Crippen LogP contribution in [0.15, 0.2) is 18.3 Å². The summed E-state index contributed by atoms with van der Waals surface area (Å²) in [6, 6.07) is 3.23. The van der Waals surface area contributed by atoms with Gasteiger partial charge in [0.25, 0.3) is 0 Å². The Morgan fingerprint density at radius 1 is 1.42 bits per heavy atom. The molecular formula is C11H7F3N2O2S. The lowest BCUT2D eigenvalue weighted by molar-refractivity contribution is -0.141. The second kappa shape index (κ2) is 4.61. The van der Waals surface area contributed by atoms with Crippen molar-refractivity contribution in [3.8, 4) is 10.7 Å². The molecule has 0 aromatic carbocycles. The van der Waals surface area contributed by atoms with Crippen molar-refractivity contribution < 1.29 is 23.1 Å². The third-order valence-corrected chi connectivity index (χ3v) is 3.29. The summed E-state index contributed by atoms with van der Waals surface area (Å²) in [6.45, 7) is 1.75. The van der Waals surface area contributed by atoms with Gasteiger partial charge in [-0.25, -0.2) is 9.78 Å². The Morgan fingerprint density at radius 3 is 2.58 bits per heavy atom. The summed E-state index contributed by atoms with van der Waals surface area (Å²) in [5, 5.41) is 8.73. The number of hydrogen-bond donors (Lipinski definition) is 1. The number of aryl methyl sites for hydroxylation is 1. The van der Waals surface area contributed by atoms with E-state index >= 15 is 0 Å². The molecule has 0 radical (unpaired) electrons. The topological polar surface area (TPSA) is 63.1 Å². The molecule has 2 heterocycles. The van der Waals surface area contributed by atoms with Crippen molar-refractivity contribution >= 4 is 17.3 Å². The number of hydrogen-bond acceptors (Lipinski definition) is 4. The smallest absolute Gasteiger partial charge is 0.435 e. The highest BCUT2D eigenvalue weighted by molar-refractivity contribution is 7.17. The van der Waals surface area contributed by atoms with Crippen molar-refractivity contribution in [1.82, 2.24) is 9.97 Å². The Morgan fingerprint density at radius 2 is 2.11 bits per heavy atom. The number of aromatic nitrogens is 2. The summed E-state index contributed by atoms with van der Waals surface area (Å²) in [5.41, 5.74) is -0.364. The molecule has 0 spiro atoms. The molecule has 19 heavy (non-hydrogen) atoms. The summed E-state index contributed by atoms with van der Waals surface area (Å²) in [5.74, 6) is -1.65. The maximum absolute atomic E-state index is 12.7. The van der Waals surface area contributed by atoms with Gasteiger partial charge in [-0.1, -0.05) is 0 Å². The lowest BCUT2D eigenvalue weighted by Gasteiger charge is -2.02. The van der Waals surface area contributed by atoms with Gasteiger partial charge in [-0.15, -0.1) is 11.3 Å². The van der Waals surface area contributed by atoms with Gasteiger partial charge in [0.1, 0.15) is 9.88 Å². The van der Waals surface area contributed by atoms with E-state index in [1.165, 1.54) is 6.20 Å². The van der Waals surface area contributed by atoms with E-state index in [0.717, 1.165) is 5.56 Å². The van der Waals surface area contributed by atoms with Crippen molar-refractivity contribution in [1.29, 1.82) is 0 Å². The molecule has 0 aliphatic carbocycles. The Kier molecular flexibility index (Phi) is 3.27. The molecular weight excluding hydrogens is 281 g/mol. The molecule has 0 saturated heterocycles. The number of nitrogens with zero attached hydrogens (tertiary/aromatic N) is 2. The molecule has 4 nitrogen and oxygen atoms in total. The van der Waals surface area contributed by atoms with Crippen molar-refractivity contribution in [3.05, 3.63) is 34.5 Å². The van der Waals surface area contributed by atoms with Crippen LogP contribution in [-0.4, -0.2) is 21.0 Å². The minimum absolute atomic E-state index is 0.0616. The first-order chi connectivity index (χ1) is 8.79. The predicted octanol–water partition coefficient (Wildman–Crippen LogP) is 3.23. The van der Waals surface area contributed by atoms with Crippen molar-refractivity contribution in [2.24, 2.45) is 0 Å². The van der Waals surface area contributed by atoms with Crippen LogP contribution in [0.4, 0.5) is 13.2 Å². The Labute approximate surface area is 109 Å². The first kappa shape index (κ1) is 13.5. The SMILES string of the molecule is Cc1ccnc(-c2nc(C(F)(F)F)c(C(=O)O)s2)c1. The summed E-state index contributed by atoms with van der Waals surface area (Å²) in [4.78, 5) is 17.3. The van der Waals surface area contributed by atoms with Crippen LogP contribution in [0.1, 0.15) is 20.9 Å². The van der Waals surface area contributed by atoms with E-state index in [1.54, 1.807) is 19.1 Å². The van der Waals surface area contributed by atoms with E-state index in [0.29, 0.717) is 11.3 Å². The van der Waals surface area contributed by atoms with Crippen LogP contribution in [0.5, 0.6) is 0 Å². The molecule has 0 aliphatic heterocycles. The molecule has 0 fully saturated rings. The fraction of sp³-hybridized carbons (Fsp3) is 0.182. The van der Waals surface area contributed by atoms with Gasteiger partial charge >= 0.3 is 12.1 Å². The molecule has 0 aliphatic rings. The van der Waals surface area contributed by atoms with E-state index in [4.69, 9.17) is 5.11 Å². The molecule has 0 saturated carbocycles. The summed E-state index contributed by atoms with van der Waals surface area (Å²) in [6.07, 6.45) is -3.37. The van der Waals surface area contributed by atoms with Crippen LogP contribution in [0.2, 0.25) is 0 Å². The van der Waals surface area contributed by atoms with Gasteiger partial charge in [-0.05, 0) is 24.6 Å². The maximum Gasteiger partial charge on any atom is 0.435 e. The zero-order chi connectivity index (χ0) is 14.2. The number of alkyl halides is 3. The monoisotopic (exact) mass is 288 g/mol. The molecule has 2 rings (SSSR count). The Bertz CT molecular complexity index is 637. The van der Waals surface area contributed by atoms with Gasteiger partial charge in [-0.2, -0.15) is 13.2 Å². The fourth-order valence-electron chi connectivity index (χ4n) is 1.42. The van der Waals surface area contributed by atoms with Gasteiger partial charge in [0.05, 0.1) is 5.69 Å². The summed E-state index contributed by atoms with van der Waals surface area (Å²) < 4.78 is 38.0.